The van der Waals surface area contributed by atoms with Gasteiger partial charge in [0.2, 0.25) is 10.0 Å². The van der Waals surface area contributed by atoms with Crippen LogP contribution in [0.15, 0.2) is 23.2 Å². The summed E-state index contributed by atoms with van der Waals surface area (Å²) in [6.45, 7) is 2.56. The van der Waals surface area contributed by atoms with Crippen molar-refractivity contribution in [3.8, 4) is 0 Å². The highest BCUT2D eigenvalue weighted by Gasteiger charge is 2.30. The van der Waals surface area contributed by atoms with Crippen LogP contribution in [0.3, 0.4) is 0 Å². The van der Waals surface area contributed by atoms with Crippen LogP contribution >= 0.6 is 11.6 Å². The number of sulfonamides is 1. The third-order valence-corrected chi connectivity index (χ3v) is 4.65. The van der Waals surface area contributed by atoms with Crippen molar-refractivity contribution in [3.05, 3.63) is 23.5 Å². The standard InChI is InChI=1S/C10H13ClN2O4S/c1-7(2)13(6-9(14)15)18(16,17)8-4-3-5-12-10(8)11/h3-5,7H,6H2,1-2H3,(H,14,15). The summed E-state index contributed by atoms with van der Waals surface area (Å²) in [6, 6.07) is 2.22. The van der Waals surface area contributed by atoms with E-state index in [2.05, 4.69) is 4.98 Å². The summed E-state index contributed by atoms with van der Waals surface area (Å²) in [5, 5.41) is 8.58. The summed E-state index contributed by atoms with van der Waals surface area (Å²) in [7, 11) is -3.97. The number of aliphatic carboxylic acids is 1. The van der Waals surface area contributed by atoms with Gasteiger partial charge in [0.15, 0.2) is 0 Å². The molecule has 8 heteroatoms. The molecule has 0 aromatic carbocycles. The zero-order chi connectivity index (χ0) is 13.9. The van der Waals surface area contributed by atoms with Gasteiger partial charge in [-0.05, 0) is 26.0 Å². The highest BCUT2D eigenvalue weighted by molar-refractivity contribution is 7.89. The predicted octanol–water partition coefficient (Wildman–Crippen LogP) is 1.22. The molecule has 0 aliphatic rings. The van der Waals surface area contributed by atoms with Gasteiger partial charge in [-0.25, -0.2) is 13.4 Å². The van der Waals surface area contributed by atoms with Crippen LogP contribution in [0.5, 0.6) is 0 Å². The molecule has 0 saturated heterocycles. The molecular formula is C10H13ClN2O4S. The molecule has 0 atom stereocenters. The molecule has 0 aliphatic heterocycles. The first kappa shape index (κ1) is 14.9. The number of aromatic nitrogens is 1. The maximum Gasteiger partial charge on any atom is 0.318 e. The van der Waals surface area contributed by atoms with Gasteiger partial charge in [-0.2, -0.15) is 4.31 Å². The second-order valence-electron chi connectivity index (χ2n) is 3.83. The topological polar surface area (TPSA) is 87.6 Å². The van der Waals surface area contributed by atoms with Gasteiger partial charge in [-0.15, -0.1) is 0 Å². The summed E-state index contributed by atoms with van der Waals surface area (Å²) in [4.78, 5) is 14.2. The fraction of sp³-hybridized carbons (Fsp3) is 0.400. The van der Waals surface area contributed by atoms with E-state index in [1.54, 1.807) is 13.8 Å². The molecule has 1 N–H and O–H groups in total. The van der Waals surface area contributed by atoms with Gasteiger partial charge in [0.05, 0.1) is 0 Å². The Balaban J connectivity index is 3.26. The van der Waals surface area contributed by atoms with Crippen molar-refractivity contribution >= 4 is 27.6 Å². The van der Waals surface area contributed by atoms with Crippen LogP contribution in [-0.2, 0) is 14.8 Å². The molecular weight excluding hydrogens is 280 g/mol. The lowest BCUT2D eigenvalue weighted by atomic mass is 10.4. The van der Waals surface area contributed by atoms with E-state index in [0.717, 1.165) is 4.31 Å². The third kappa shape index (κ3) is 3.18. The number of halogens is 1. The van der Waals surface area contributed by atoms with Gasteiger partial charge in [0, 0.05) is 12.2 Å². The van der Waals surface area contributed by atoms with Gasteiger partial charge < -0.3 is 5.11 Å². The molecule has 1 heterocycles. The zero-order valence-corrected chi connectivity index (χ0v) is 11.4. The number of nitrogens with zero attached hydrogens (tertiary/aromatic N) is 2. The molecule has 18 heavy (non-hydrogen) atoms. The first-order valence-corrected chi connectivity index (χ1v) is 6.92. The van der Waals surface area contributed by atoms with Crippen molar-refractivity contribution in [2.45, 2.75) is 24.8 Å². The Morgan fingerprint density at radius 1 is 1.56 bits per heavy atom. The van der Waals surface area contributed by atoms with E-state index in [1.807, 2.05) is 0 Å². The lowest BCUT2D eigenvalue weighted by Crippen LogP contribution is -2.40. The number of carboxylic acids is 1. The SMILES string of the molecule is CC(C)N(CC(=O)O)S(=O)(=O)c1cccnc1Cl. The van der Waals surface area contributed by atoms with Gasteiger partial charge in [-0.1, -0.05) is 11.6 Å². The minimum Gasteiger partial charge on any atom is -0.480 e. The largest absolute Gasteiger partial charge is 0.480 e. The minimum atomic E-state index is -3.97. The van der Waals surface area contributed by atoms with Crippen molar-refractivity contribution in [3.63, 3.8) is 0 Å². The lowest BCUT2D eigenvalue weighted by molar-refractivity contribution is -0.137. The third-order valence-electron chi connectivity index (χ3n) is 2.18. The molecule has 0 spiro atoms. The van der Waals surface area contributed by atoms with Crippen molar-refractivity contribution < 1.29 is 18.3 Å². The van der Waals surface area contributed by atoms with E-state index in [0.29, 0.717) is 0 Å². The number of hydrogen-bond acceptors (Lipinski definition) is 4. The van der Waals surface area contributed by atoms with E-state index >= 15 is 0 Å². The van der Waals surface area contributed by atoms with Crippen LogP contribution in [0.4, 0.5) is 0 Å². The van der Waals surface area contributed by atoms with Crippen LogP contribution in [0.25, 0.3) is 0 Å². The average molecular weight is 293 g/mol. The predicted molar refractivity (Wildman–Crippen MR) is 65.9 cm³/mol. The number of rotatable bonds is 5. The fourth-order valence-corrected chi connectivity index (χ4v) is 3.38. The van der Waals surface area contributed by atoms with Crippen LogP contribution in [0.1, 0.15) is 13.8 Å². The van der Waals surface area contributed by atoms with Crippen LogP contribution in [0.2, 0.25) is 5.15 Å². The first-order chi connectivity index (χ1) is 8.26. The summed E-state index contributed by atoms with van der Waals surface area (Å²) in [5.74, 6) is -1.23. The number of pyridine rings is 1. The van der Waals surface area contributed by atoms with Crippen molar-refractivity contribution in [1.29, 1.82) is 0 Å². The monoisotopic (exact) mass is 292 g/mol. The normalized spacial score (nSPS) is 12.1. The maximum atomic E-state index is 12.3. The molecule has 0 bridgehead atoms. The van der Waals surface area contributed by atoms with Gasteiger partial charge >= 0.3 is 5.97 Å². The van der Waals surface area contributed by atoms with E-state index in [4.69, 9.17) is 16.7 Å². The number of carbonyl (C=O) groups is 1. The molecule has 100 valence electrons. The van der Waals surface area contributed by atoms with Crippen LogP contribution < -0.4 is 0 Å². The molecule has 6 nitrogen and oxygen atoms in total. The second-order valence-corrected chi connectivity index (χ2v) is 6.05. The second kappa shape index (κ2) is 5.64. The van der Waals surface area contributed by atoms with E-state index in [1.165, 1.54) is 18.3 Å². The minimum absolute atomic E-state index is 0.173. The van der Waals surface area contributed by atoms with Crippen LogP contribution in [0, 0.1) is 0 Å². The Morgan fingerprint density at radius 2 is 2.17 bits per heavy atom. The van der Waals surface area contributed by atoms with Crippen molar-refractivity contribution in [2.24, 2.45) is 0 Å². The van der Waals surface area contributed by atoms with Crippen molar-refractivity contribution in [2.75, 3.05) is 6.54 Å². The van der Waals surface area contributed by atoms with Gasteiger partial charge in [0.1, 0.15) is 16.6 Å². The average Bonchev–Trinajstić information content (AvgIpc) is 2.25. The molecule has 0 saturated carbocycles. The Bertz CT molecular complexity index is 545. The van der Waals surface area contributed by atoms with Gasteiger partial charge in [0.25, 0.3) is 0 Å². The summed E-state index contributed by atoms with van der Waals surface area (Å²) in [5.41, 5.74) is 0. The highest BCUT2D eigenvalue weighted by atomic mass is 35.5. The van der Waals surface area contributed by atoms with E-state index < -0.39 is 28.6 Å². The highest BCUT2D eigenvalue weighted by Crippen LogP contribution is 2.23. The van der Waals surface area contributed by atoms with Gasteiger partial charge in [-0.3, -0.25) is 4.79 Å². The number of hydrogen-bond donors (Lipinski definition) is 1. The molecule has 0 aliphatic carbocycles. The summed E-state index contributed by atoms with van der Waals surface area (Å²) >= 11 is 5.73. The first-order valence-electron chi connectivity index (χ1n) is 5.11. The lowest BCUT2D eigenvalue weighted by Gasteiger charge is -2.24. The van der Waals surface area contributed by atoms with Crippen LogP contribution in [-0.4, -0.2) is 41.4 Å². The number of carboxylic acid groups (broad SMARTS) is 1. The summed E-state index contributed by atoms with van der Waals surface area (Å²) < 4.78 is 25.4. The molecule has 1 aromatic heterocycles. The summed E-state index contributed by atoms with van der Waals surface area (Å²) in [6.07, 6.45) is 1.36. The fourth-order valence-electron chi connectivity index (χ4n) is 1.37. The Hall–Kier alpha value is -1.18. The zero-order valence-electron chi connectivity index (χ0n) is 9.87. The molecule has 0 radical (unpaired) electrons. The smallest absolute Gasteiger partial charge is 0.318 e. The van der Waals surface area contributed by atoms with Crippen molar-refractivity contribution in [1.82, 2.24) is 9.29 Å². The Labute approximate surface area is 110 Å². The molecule has 0 amide bonds. The molecule has 0 fully saturated rings. The molecule has 1 rings (SSSR count). The van der Waals surface area contributed by atoms with E-state index in [-0.39, 0.29) is 10.0 Å². The quantitative estimate of drug-likeness (QED) is 0.824. The maximum absolute atomic E-state index is 12.3. The Kier molecular flexibility index (Phi) is 4.66. The molecule has 1 aromatic rings. The molecule has 0 unspecified atom stereocenters. The Morgan fingerprint density at radius 3 is 2.61 bits per heavy atom. The van der Waals surface area contributed by atoms with E-state index in [9.17, 15) is 13.2 Å².